The fourth-order valence-electron chi connectivity index (χ4n) is 2.68. The quantitative estimate of drug-likeness (QED) is 0.499. The maximum absolute atomic E-state index is 12.8. The molecule has 0 radical (unpaired) electrons. The zero-order chi connectivity index (χ0) is 21.2. The van der Waals surface area contributed by atoms with Gasteiger partial charge in [-0.2, -0.15) is 0 Å². The zero-order valence-electron chi connectivity index (χ0n) is 17.1. The number of benzene rings is 1. The van der Waals surface area contributed by atoms with Gasteiger partial charge in [0.25, 0.3) is 5.91 Å². The second kappa shape index (κ2) is 10.8. The van der Waals surface area contributed by atoms with Gasteiger partial charge in [0, 0.05) is 24.2 Å². The molecule has 0 aliphatic heterocycles. The first kappa shape index (κ1) is 21.1. The van der Waals surface area contributed by atoms with Crippen molar-refractivity contribution in [1.29, 1.82) is 0 Å². The third kappa shape index (κ3) is 5.70. The monoisotopic (exact) mass is 407 g/mol. The Labute approximate surface area is 176 Å². The summed E-state index contributed by atoms with van der Waals surface area (Å²) >= 11 is 0. The Balaban J connectivity index is 1.70. The number of hydrogen-bond acceptors (Lipinski definition) is 6. The van der Waals surface area contributed by atoms with Crippen LogP contribution in [0.25, 0.3) is 0 Å². The third-order valence-electron chi connectivity index (χ3n) is 4.33. The van der Waals surface area contributed by atoms with Crippen molar-refractivity contribution in [1.82, 2.24) is 9.97 Å². The Morgan fingerprint density at radius 2 is 1.83 bits per heavy atom. The summed E-state index contributed by atoms with van der Waals surface area (Å²) < 4.78 is 16.9. The van der Waals surface area contributed by atoms with Crippen LogP contribution in [0, 0.1) is 0 Å². The maximum Gasteiger partial charge on any atom is 0.257 e. The molecule has 156 valence electrons. The molecule has 0 bridgehead atoms. The van der Waals surface area contributed by atoms with E-state index in [2.05, 4.69) is 22.2 Å². The summed E-state index contributed by atoms with van der Waals surface area (Å²) in [6, 6.07) is 12.3. The number of pyridine rings is 2. The molecule has 3 rings (SSSR count). The fourth-order valence-corrected chi connectivity index (χ4v) is 2.68. The molecular formula is C23H25N3O4. The van der Waals surface area contributed by atoms with Gasteiger partial charge in [0.15, 0.2) is 23.1 Å². The molecule has 0 aliphatic rings. The van der Waals surface area contributed by atoms with Gasteiger partial charge in [0.05, 0.1) is 13.7 Å². The molecule has 1 amide bonds. The smallest absolute Gasteiger partial charge is 0.257 e. The lowest BCUT2D eigenvalue weighted by Crippen LogP contribution is -2.14. The molecule has 0 fully saturated rings. The SMILES string of the molecule is CCCCOc1ccc(C(=O)Nc2ncccc2OCc2ccncc2)cc1OC. The van der Waals surface area contributed by atoms with Gasteiger partial charge in [0.2, 0.25) is 0 Å². The van der Waals surface area contributed by atoms with Crippen LogP contribution in [0.3, 0.4) is 0 Å². The van der Waals surface area contributed by atoms with Crippen molar-refractivity contribution >= 4 is 11.7 Å². The van der Waals surface area contributed by atoms with Gasteiger partial charge >= 0.3 is 0 Å². The Morgan fingerprint density at radius 3 is 2.60 bits per heavy atom. The van der Waals surface area contributed by atoms with Crippen LogP contribution in [-0.2, 0) is 6.61 Å². The minimum absolute atomic E-state index is 0.319. The minimum Gasteiger partial charge on any atom is -0.493 e. The molecule has 0 saturated heterocycles. The van der Waals surface area contributed by atoms with Crippen molar-refractivity contribution in [3.8, 4) is 17.2 Å². The molecule has 0 aliphatic carbocycles. The van der Waals surface area contributed by atoms with E-state index in [1.165, 1.54) is 0 Å². The lowest BCUT2D eigenvalue weighted by atomic mass is 10.2. The largest absolute Gasteiger partial charge is 0.493 e. The molecular weight excluding hydrogens is 382 g/mol. The third-order valence-corrected chi connectivity index (χ3v) is 4.33. The van der Waals surface area contributed by atoms with Gasteiger partial charge in [-0.25, -0.2) is 4.98 Å². The summed E-state index contributed by atoms with van der Waals surface area (Å²) in [4.78, 5) is 21.0. The normalized spacial score (nSPS) is 10.3. The molecule has 7 nitrogen and oxygen atoms in total. The number of carbonyl (C=O) groups excluding carboxylic acids is 1. The highest BCUT2D eigenvalue weighted by molar-refractivity contribution is 6.04. The molecule has 2 heterocycles. The number of anilines is 1. The Hall–Kier alpha value is -3.61. The van der Waals surface area contributed by atoms with E-state index in [1.54, 1.807) is 56.0 Å². The predicted octanol–water partition coefficient (Wildman–Crippen LogP) is 4.50. The maximum atomic E-state index is 12.8. The van der Waals surface area contributed by atoms with Crippen LogP contribution in [0.5, 0.6) is 17.2 Å². The van der Waals surface area contributed by atoms with Gasteiger partial charge < -0.3 is 19.5 Å². The number of nitrogens with zero attached hydrogens (tertiary/aromatic N) is 2. The number of ether oxygens (including phenoxy) is 3. The molecule has 7 heteroatoms. The summed E-state index contributed by atoms with van der Waals surface area (Å²) in [5, 5.41) is 2.80. The number of carbonyl (C=O) groups is 1. The minimum atomic E-state index is -0.319. The van der Waals surface area contributed by atoms with Crippen LogP contribution < -0.4 is 19.5 Å². The average molecular weight is 407 g/mol. The van der Waals surface area contributed by atoms with Crippen molar-refractivity contribution < 1.29 is 19.0 Å². The number of nitrogens with one attached hydrogen (secondary N) is 1. The molecule has 0 spiro atoms. The second-order valence-electron chi connectivity index (χ2n) is 6.52. The number of rotatable bonds is 10. The van der Waals surface area contributed by atoms with E-state index in [9.17, 15) is 4.79 Å². The first-order chi connectivity index (χ1) is 14.7. The zero-order valence-corrected chi connectivity index (χ0v) is 17.1. The van der Waals surface area contributed by atoms with Crippen LogP contribution in [0.1, 0.15) is 35.7 Å². The van der Waals surface area contributed by atoms with Crippen LogP contribution >= 0.6 is 0 Å². The highest BCUT2D eigenvalue weighted by Gasteiger charge is 2.14. The van der Waals surface area contributed by atoms with Gasteiger partial charge in [-0.15, -0.1) is 0 Å². The van der Waals surface area contributed by atoms with E-state index in [4.69, 9.17) is 14.2 Å². The lowest BCUT2D eigenvalue weighted by molar-refractivity contribution is 0.102. The van der Waals surface area contributed by atoms with E-state index in [-0.39, 0.29) is 5.91 Å². The van der Waals surface area contributed by atoms with Crippen LogP contribution in [0.15, 0.2) is 61.1 Å². The van der Waals surface area contributed by atoms with Crippen molar-refractivity contribution in [3.05, 3.63) is 72.2 Å². The van der Waals surface area contributed by atoms with Crippen molar-refractivity contribution in [3.63, 3.8) is 0 Å². The number of methoxy groups -OCH3 is 1. The second-order valence-corrected chi connectivity index (χ2v) is 6.52. The standard InChI is InChI=1S/C23H25N3O4/c1-3-4-14-29-19-8-7-18(15-21(19)28-2)23(27)26-22-20(6-5-11-25-22)30-16-17-9-12-24-13-10-17/h5-13,15H,3-4,14,16H2,1-2H3,(H,25,26,27). The highest BCUT2D eigenvalue weighted by atomic mass is 16.5. The summed E-state index contributed by atoms with van der Waals surface area (Å²) in [6.07, 6.45) is 6.99. The van der Waals surface area contributed by atoms with E-state index in [0.717, 1.165) is 18.4 Å². The van der Waals surface area contributed by atoms with Crippen molar-refractivity contribution in [2.45, 2.75) is 26.4 Å². The fraction of sp³-hybridized carbons (Fsp3) is 0.261. The Kier molecular flexibility index (Phi) is 7.60. The van der Waals surface area contributed by atoms with E-state index in [0.29, 0.717) is 41.8 Å². The number of unbranched alkanes of at least 4 members (excludes halogenated alkanes) is 1. The lowest BCUT2D eigenvalue weighted by Gasteiger charge is -2.13. The van der Waals surface area contributed by atoms with Crippen molar-refractivity contribution in [2.75, 3.05) is 19.0 Å². The van der Waals surface area contributed by atoms with Crippen LogP contribution in [-0.4, -0.2) is 29.6 Å². The summed E-state index contributed by atoms with van der Waals surface area (Å²) in [5.74, 6) is 1.63. The van der Waals surface area contributed by atoms with Gasteiger partial charge in [-0.3, -0.25) is 9.78 Å². The molecule has 1 aromatic carbocycles. The number of hydrogen-bond donors (Lipinski definition) is 1. The molecule has 0 saturated carbocycles. The first-order valence-corrected chi connectivity index (χ1v) is 9.80. The number of aromatic nitrogens is 2. The number of amides is 1. The van der Waals surface area contributed by atoms with E-state index in [1.807, 2.05) is 12.1 Å². The summed E-state index contributed by atoms with van der Waals surface area (Å²) in [5.41, 5.74) is 1.40. The molecule has 2 aromatic heterocycles. The highest BCUT2D eigenvalue weighted by Crippen LogP contribution is 2.29. The Bertz CT molecular complexity index is 964. The predicted molar refractivity (Wildman–Crippen MR) is 114 cm³/mol. The molecule has 0 atom stereocenters. The molecule has 1 N–H and O–H groups in total. The first-order valence-electron chi connectivity index (χ1n) is 9.80. The van der Waals surface area contributed by atoms with Gasteiger partial charge in [-0.05, 0) is 54.4 Å². The topological polar surface area (TPSA) is 82.6 Å². The van der Waals surface area contributed by atoms with E-state index < -0.39 is 0 Å². The van der Waals surface area contributed by atoms with E-state index >= 15 is 0 Å². The molecule has 30 heavy (non-hydrogen) atoms. The van der Waals surface area contributed by atoms with Gasteiger partial charge in [-0.1, -0.05) is 13.3 Å². The van der Waals surface area contributed by atoms with Gasteiger partial charge in [0.1, 0.15) is 6.61 Å². The van der Waals surface area contributed by atoms with Crippen LogP contribution in [0.2, 0.25) is 0 Å². The molecule has 3 aromatic rings. The van der Waals surface area contributed by atoms with Crippen LogP contribution in [0.4, 0.5) is 5.82 Å². The van der Waals surface area contributed by atoms with Crippen molar-refractivity contribution in [2.24, 2.45) is 0 Å². The summed E-state index contributed by atoms with van der Waals surface area (Å²) in [6.45, 7) is 3.04. The Morgan fingerprint density at radius 1 is 1.00 bits per heavy atom. The molecule has 0 unspecified atom stereocenters. The average Bonchev–Trinajstić information content (AvgIpc) is 2.79. The summed E-state index contributed by atoms with van der Waals surface area (Å²) in [7, 11) is 1.55.